The number of urea groups is 1. The van der Waals surface area contributed by atoms with E-state index in [-0.39, 0.29) is 12.5 Å². The Hall–Kier alpha value is -3.02. The Morgan fingerprint density at radius 3 is 2.18 bits per heavy atom. The molecule has 0 aliphatic rings. The fourth-order valence-corrected chi connectivity index (χ4v) is 1.84. The number of carbonyl (C=O) groups is 2. The van der Waals surface area contributed by atoms with Crippen molar-refractivity contribution in [1.82, 2.24) is 0 Å². The number of aryl methyl sites for hydroxylation is 1. The van der Waals surface area contributed by atoms with Crippen LogP contribution < -0.4 is 21.1 Å². The predicted molar refractivity (Wildman–Crippen MR) is 85.0 cm³/mol. The normalized spacial score (nSPS) is 9.86. The molecule has 0 aliphatic carbocycles. The second kappa shape index (κ2) is 7.12. The van der Waals surface area contributed by atoms with Crippen LogP contribution in [0.5, 0.6) is 5.75 Å². The molecule has 0 aliphatic heterocycles. The minimum Gasteiger partial charge on any atom is -0.483 e. The molecule has 0 atom stereocenters. The molecule has 4 N–H and O–H groups in total. The average molecular weight is 299 g/mol. The topological polar surface area (TPSA) is 93.4 Å². The van der Waals surface area contributed by atoms with E-state index in [0.717, 1.165) is 5.56 Å². The number of hydrogen-bond donors (Lipinski definition) is 3. The molecule has 0 saturated heterocycles. The fourth-order valence-electron chi connectivity index (χ4n) is 1.84. The van der Waals surface area contributed by atoms with Crippen LogP contribution in [0.25, 0.3) is 0 Å². The van der Waals surface area contributed by atoms with E-state index in [4.69, 9.17) is 10.5 Å². The average Bonchev–Trinajstić information content (AvgIpc) is 2.48. The standard InChI is InChI=1S/C16H17N3O3/c1-11-4-2-3-5-14(11)22-10-15(20)18-12-6-8-13(9-7-12)19-16(17)21/h2-9H,10H2,1H3,(H,18,20)(H3,17,19,21). The second-order valence-corrected chi connectivity index (χ2v) is 4.67. The zero-order chi connectivity index (χ0) is 15.9. The summed E-state index contributed by atoms with van der Waals surface area (Å²) in [5.41, 5.74) is 7.15. The van der Waals surface area contributed by atoms with Gasteiger partial charge in [0.25, 0.3) is 5.91 Å². The van der Waals surface area contributed by atoms with Crippen molar-refractivity contribution in [3.63, 3.8) is 0 Å². The van der Waals surface area contributed by atoms with Gasteiger partial charge in [-0.15, -0.1) is 0 Å². The highest BCUT2D eigenvalue weighted by molar-refractivity contribution is 5.92. The quantitative estimate of drug-likeness (QED) is 0.791. The van der Waals surface area contributed by atoms with Crippen LogP contribution in [0.15, 0.2) is 48.5 Å². The number of nitrogens with two attached hydrogens (primary N) is 1. The van der Waals surface area contributed by atoms with Gasteiger partial charge in [0, 0.05) is 11.4 Å². The number of nitrogens with one attached hydrogen (secondary N) is 2. The van der Waals surface area contributed by atoms with Gasteiger partial charge in [-0.2, -0.15) is 0 Å². The maximum atomic E-state index is 11.8. The molecule has 6 nitrogen and oxygen atoms in total. The number of amides is 3. The number of carbonyl (C=O) groups excluding carboxylic acids is 2. The number of anilines is 2. The van der Waals surface area contributed by atoms with Crippen LogP contribution in [0.3, 0.4) is 0 Å². The first-order chi connectivity index (χ1) is 10.5. The molecule has 0 saturated carbocycles. The Balaban J connectivity index is 1.87. The van der Waals surface area contributed by atoms with E-state index in [9.17, 15) is 9.59 Å². The Labute approximate surface area is 128 Å². The summed E-state index contributed by atoms with van der Waals surface area (Å²) in [6.07, 6.45) is 0. The van der Waals surface area contributed by atoms with E-state index in [1.807, 2.05) is 31.2 Å². The molecule has 0 aromatic heterocycles. The van der Waals surface area contributed by atoms with E-state index < -0.39 is 6.03 Å². The van der Waals surface area contributed by atoms with Crippen LogP contribution in [0, 0.1) is 6.92 Å². The molecule has 2 aromatic carbocycles. The molecule has 0 bridgehead atoms. The van der Waals surface area contributed by atoms with Crippen LogP contribution in [-0.4, -0.2) is 18.5 Å². The summed E-state index contributed by atoms with van der Waals surface area (Å²) in [4.78, 5) is 22.5. The highest BCUT2D eigenvalue weighted by Crippen LogP contribution is 2.16. The summed E-state index contributed by atoms with van der Waals surface area (Å²) in [5.74, 6) is 0.414. The van der Waals surface area contributed by atoms with E-state index >= 15 is 0 Å². The highest BCUT2D eigenvalue weighted by atomic mass is 16.5. The van der Waals surface area contributed by atoms with Crippen molar-refractivity contribution < 1.29 is 14.3 Å². The number of benzene rings is 2. The van der Waals surface area contributed by atoms with Crippen molar-refractivity contribution in [1.29, 1.82) is 0 Å². The van der Waals surface area contributed by atoms with E-state index in [1.54, 1.807) is 24.3 Å². The molecule has 0 radical (unpaired) electrons. The lowest BCUT2D eigenvalue weighted by atomic mass is 10.2. The highest BCUT2D eigenvalue weighted by Gasteiger charge is 2.05. The molecule has 0 spiro atoms. The summed E-state index contributed by atoms with van der Waals surface area (Å²) in [7, 11) is 0. The van der Waals surface area contributed by atoms with Crippen molar-refractivity contribution in [2.45, 2.75) is 6.92 Å². The Kier molecular flexibility index (Phi) is 4.98. The van der Waals surface area contributed by atoms with Gasteiger partial charge in [-0.1, -0.05) is 18.2 Å². The molecule has 6 heteroatoms. The van der Waals surface area contributed by atoms with Crippen LogP contribution in [0.1, 0.15) is 5.56 Å². The van der Waals surface area contributed by atoms with Gasteiger partial charge in [0.05, 0.1) is 0 Å². The van der Waals surface area contributed by atoms with Gasteiger partial charge in [-0.05, 0) is 42.8 Å². The van der Waals surface area contributed by atoms with E-state index in [1.165, 1.54) is 0 Å². The summed E-state index contributed by atoms with van der Waals surface area (Å²) in [6, 6.07) is 13.5. The van der Waals surface area contributed by atoms with Crippen LogP contribution in [-0.2, 0) is 4.79 Å². The Morgan fingerprint density at radius 1 is 1.00 bits per heavy atom. The van der Waals surface area contributed by atoms with E-state index in [0.29, 0.717) is 17.1 Å². The third-order valence-corrected chi connectivity index (χ3v) is 2.89. The Bertz CT molecular complexity index is 669. The smallest absolute Gasteiger partial charge is 0.316 e. The molecule has 2 aromatic rings. The minimum atomic E-state index is -0.636. The third-order valence-electron chi connectivity index (χ3n) is 2.89. The lowest BCUT2D eigenvalue weighted by Crippen LogP contribution is -2.21. The monoisotopic (exact) mass is 299 g/mol. The first kappa shape index (κ1) is 15.4. The summed E-state index contributed by atoms with van der Waals surface area (Å²) < 4.78 is 5.46. The SMILES string of the molecule is Cc1ccccc1OCC(=O)Nc1ccc(NC(N)=O)cc1. The summed E-state index contributed by atoms with van der Waals surface area (Å²) in [6.45, 7) is 1.84. The number of para-hydroxylation sites is 1. The molecule has 0 fully saturated rings. The van der Waals surface area contributed by atoms with Crippen molar-refractivity contribution in [3.05, 3.63) is 54.1 Å². The summed E-state index contributed by atoms with van der Waals surface area (Å²) >= 11 is 0. The maximum absolute atomic E-state index is 11.8. The molecule has 22 heavy (non-hydrogen) atoms. The van der Waals surface area contributed by atoms with Crippen molar-refractivity contribution in [2.24, 2.45) is 5.73 Å². The van der Waals surface area contributed by atoms with Gasteiger partial charge in [0.15, 0.2) is 6.61 Å². The van der Waals surface area contributed by atoms with Crippen molar-refractivity contribution >= 4 is 23.3 Å². The second-order valence-electron chi connectivity index (χ2n) is 4.67. The number of rotatable bonds is 5. The number of hydrogen-bond acceptors (Lipinski definition) is 3. The molecule has 2 rings (SSSR count). The van der Waals surface area contributed by atoms with Gasteiger partial charge in [0.2, 0.25) is 0 Å². The predicted octanol–water partition coefficient (Wildman–Crippen LogP) is 2.50. The lowest BCUT2D eigenvalue weighted by molar-refractivity contribution is -0.118. The fraction of sp³-hybridized carbons (Fsp3) is 0.125. The van der Waals surface area contributed by atoms with Gasteiger partial charge >= 0.3 is 6.03 Å². The molecule has 0 heterocycles. The molecule has 3 amide bonds. The third kappa shape index (κ3) is 4.52. The molecular weight excluding hydrogens is 282 g/mol. The van der Waals surface area contributed by atoms with Gasteiger partial charge < -0.3 is 21.1 Å². The van der Waals surface area contributed by atoms with Crippen LogP contribution >= 0.6 is 0 Å². The van der Waals surface area contributed by atoms with Crippen LogP contribution in [0.2, 0.25) is 0 Å². The molecule has 0 unspecified atom stereocenters. The maximum Gasteiger partial charge on any atom is 0.316 e. The van der Waals surface area contributed by atoms with Crippen molar-refractivity contribution in [3.8, 4) is 5.75 Å². The number of ether oxygens (including phenoxy) is 1. The minimum absolute atomic E-state index is 0.0772. The lowest BCUT2D eigenvalue weighted by Gasteiger charge is -2.10. The van der Waals surface area contributed by atoms with Gasteiger partial charge in [0.1, 0.15) is 5.75 Å². The first-order valence-corrected chi connectivity index (χ1v) is 6.69. The number of primary amides is 1. The zero-order valence-electron chi connectivity index (χ0n) is 12.1. The van der Waals surface area contributed by atoms with Crippen LogP contribution in [0.4, 0.5) is 16.2 Å². The Morgan fingerprint density at radius 2 is 1.59 bits per heavy atom. The first-order valence-electron chi connectivity index (χ1n) is 6.69. The largest absolute Gasteiger partial charge is 0.483 e. The zero-order valence-corrected chi connectivity index (χ0v) is 12.1. The summed E-state index contributed by atoms with van der Waals surface area (Å²) in [5, 5.41) is 5.14. The molecule has 114 valence electrons. The van der Waals surface area contributed by atoms with Gasteiger partial charge in [-0.25, -0.2) is 4.79 Å². The molecular formula is C16H17N3O3. The van der Waals surface area contributed by atoms with Gasteiger partial charge in [-0.3, -0.25) is 4.79 Å². The van der Waals surface area contributed by atoms with Crippen molar-refractivity contribution in [2.75, 3.05) is 17.2 Å². The van der Waals surface area contributed by atoms with E-state index in [2.05, 4.69) is 10.6 Å².